The minimum absolute atomic E-state index is 0.292. The van der Waals surface area contributed by atoms with Crippen molar-refractivity contribution in [3.63, 3.8) is 0 Å². The molecule has 2 saturated carbocycles. The van der Waals surface area contributed by atoms with Crippen LogP contribution in [0.2, 0.25) is 0 Å². The van der Waals surface area contributed by atoms with E-state index in [0.29, 0.717) is 5.54 Å². The highest BCUT2D eigenvalue weighted by Gasteiger charge is 2.40. The highest BCUT2D eigenvalue weighted by Crippen LogP contribution is 2.39. The highest BCUT2D eigenvalue weighted by molar-refractivity contribution is 4.97. The second kappa shape index (κ2) is 7.26. The van der Waals surface area contributed by atoms with Crippen molar-refractivity contribution >= 4 is 0 Å². The van der Waals surface area contributed by atoms with Crippen LogP contribution in [-0.4, -0.2) is 30.1 Å². The fourth-order valence-electron chi connectivity index (χ4n) is 4.79. The van der Waals surface area contributed by atoms with Crippen molar-refractivity contribution in [2.24, 2.45) is 17.6 Å². The Morgan fingerprint density at radius 3 is 2.45 bits per heavy atom. The molecule has 2 aliphatic carbocycles. The molecule has 0 radical (unpaired) electrons. The third kappa shape index (κ3) is 3.39. The van der Waals surface area contributed by atoms with Crippen molar-refractivity contribution in [3.05, 3.63) is 0 Å². The molecule has 4 atom stereocenters. The van der Waals surface area contributed by atoms with Gasteiger partial charge in [-0.25, -0.2) is 0 Å². The SMILES string of the molecule is CCC1CCCC(CN)(N(C)C2CCCCC2C)CC1. The van der Waals surface area contributed by atoms with Crippen molar-refractivity contribution in [2.45, 2.75) is 89.6 Å². The van der Waals surface area contributed by atoms with E-state index in [1.807, 2.05) is 0 Å². The van der Waals surface area contributed by atoms with Crippen molar-refractivity contribution in [3.8, 4) is 0 Å². The zero-order valence-electron chi connectivity index (χ0n) is 14.0. The van der Waals surface area contributed by atoms with E-state index in [1.165, 1.54) is 64.2 Å². The van der Waals surface area contributed by atoms with Crippen LogP contribution in [0.4, 0.5) is 0 Å². The van der Waals surface area contributed by atoms with Gasteiger partial charge in [0.25, 0.3) is 0 Å². The molecular weight excluding hydrogens is 244 g/mol. The standard InChI is InChI=1S/C18H36N2/c1-4-16-9-7-12-18(14-19,13-11-16)20(3)17-10-6-5-8-15(17)2/h15-17H,4-14,19H2,1-3H3. The number of hydrogen-bond donors (Lipinski definition) is 1. The molecule has 2 heteroatoms. The second-order valence-corrected chi connectivity index (χ2v) is 7.57. The molecule has 2 fully saturated rings. The summed E-state index contributed by atoms with van der Waals surface area (Å²) in [7, 11) is 2.38. The van der Waals surface area contributed by atoms with Crippen LogP contribution >= 0.6 is 0 Å². The minimum Gasteiger partial charge on any atom is -0.329 e. The molecular formula is C18H36N2. The Bertz CT molecular complexity index is 291. The predicted molar refractivity (Wildman–Crippen MR) is 87.8 cm³/mol. The summed E-state index contributed by atoms with van der Waals surface area (Å²) in [5, 5.41) is 0. The van der Waals surface area contributed by atoms with Gasteiger partial charge >= 0.3 is 0 Å². The number of hydrogen-bond acceptors (Lipinski definition) is 2. The van der Waals surface area contributed by atoms with E-state index in [4.69, 9.17) is 5.73 Å². The molecule has 4 unspecified atom stereocenters. The number of rotatable bonds is 4. The van der Waals surface area contributed by atoms with Crippen LogP contribution in [0.1, 0.15) is 78.1 Å². The Balaban J connectivity index is 2.08. The first-order valence-corrected chi connectivity index (χ1v) is 9.06. The molecule has 2 rings (SSSR count). The van der Waals surface area contributed by atoms with Gasteiger partial charge in [0.1, 0.15) is 0 Å². The molecule has 2 nitrogen and oxygen atoms in total. The molecule has 118 valence electrons. The Labute approximate surface area is 126 Å². The van der Waals surface area contributed by atoms with E-state index < -0.39 is 0 Å². The van der Waals surface area contributed by atoms with Gasteiger partial charge in [0.2, 0.25) is 0 Å². The lowest BCUT2D eigenvalue weighted by Gasteiger charge is -2.48. The predicted octanol–water partition coefficient (Wildman–Crippen LogP) is 4.18. The molecule has 0 aromatic heterocycles. The molecule has 2 aliphatic rings. The van der Waals surface area contributed by atoms with Gasteiger partial charge in [-0.3, -0.25) is 4.90 Å². The average molecular weight is 281 g/mol. The maximum Gasteiger partial charge on any atom is 0.0331 e. The van der Waals surface area contributed by atoms with Gasteiger partial charge in [0.15, 0.2) is 0 Å². The molecule has 0 aromatic carbocycles. The molecule has 0 bridgehead atoms. The van der Waals surface area contributed by atoms with E-state index in [0.717, 1.165) is 24.4 Å². The van der Waals surface area contributed by atoms with Crippen molar-refractivity contribution in [1.29, 1.82) is 0 Å². The first-order chi connectivity index (χ1) is 9.63. The maximum absolute atomic E-state index is 6.31. The van der Waals surface area contributed by atoms with E-state index in [9.17, 15) is 0 Å². The molecule has 20 heavy (non-hydrogen) atoms. The zero-order valence-corrected chi connectivity index (χ0v) is 14.0. The van der Waals surface area contributed by atoms with Crippen LogP contribution in [0.15, 0.2) is 0 Å². The molecule has 0 heterocycles. The van der Waals surface area contributed by atoms with Crippen LogP contribution in [0.5, 0.6) is 0 Å². The topological polar surface area (TPSA) is 29.3 Å². The van der Waals surface area contributed by atoms with Crippen LogP contribution in [0, 0.1) is 11.8 Å². The normalized spacial score (nSPS) is 39.8. The lowest BCUT2D eigenvalue weighted by Crippen LogP contribution is -2.57. The van der Waals surface area contributed by atoms with E-state index >= 15 is 0 Å². The number of nitrogens with two attached hydrogens (primary N) is 1. The first kappa shape index (κ1) is 16.3. The largest absolute Gasteiger partial charge is 0.329 e. The van der Waals surface area contributed by atoms with Gasteiger partial charge in [-0.15, -0.1) is 0 Å². The fourth-order valence-corrected chi connectivity index (χ4v) is 4.79. The Morgan fingerprint density at radius 2 is 1.80 bits per heavy atom. The lowest BCUT2D eigenvalue weighted by atomic mass is 9.80. The zero-order chi connectivity index (χ0) is 14.6. The monoisotopic (exact) mass is 280 g/mol. The first-order valence-electron chi connectivity index (χ1n) is 9.06. The lowest BCUT2D eigenvalue weighted by molar-refractivity contribution is 0.0204. The fraction of sp³-hybridized carbons (Fsp3) is 1.00. The molecule has 0 aromatic rings. The van der Waals surface area contributed by atoms with Crippen molar-refractivity contribution in [1.82, 2.24) is 4.90 Å². The van der Waals surface area contributed by atoms with Gasteiger partial charge in [-0.2, -0.15) is 0 Å². The van der Waals surface area contributed by atoms with Crippen LogP contribution in [-0.2, 0) is 0 Å². The Hall–Kier alpha value is -0.0800. The summed E-state index contributed by atoms with van der Waals surface area (Å²) >= 11 is 0. The molecule has 0 saturated heterocycles. The third-order valence-electron chi connectivity index (χ3n) is 6.54. The summed E-state index contributed by atoms with van der Waals surface area (Å²) in [5.74, 6) is 1.79. The van der Waals surface area contributed by atoms with E-state index in [1.54, 1.807) is 0 Å². The highest BCUT2D eigenvalue weighted by atomic mass is 15.2. The minimum atomic E-state index is 0.292. The smallest absolute Gasteiger partial charge is 0.0331 e. The van der Waals surface area contributed by atoms with Gasteiger partial charge in [0, 0.05) is 18.1 Å². The summed E-state index contributed by atoms with van der Waals surface area (Å²) in [6, 6.07) is 0.769. The summed E-state index contributed by atoms with van der Waals surface area (Å²) in [5.41, 5.74) is 6.60. The molecule has 0 spiro atoms. The Kier molecular flexibility index (Phi) is 5.92. The Morgan fingerprint density at radius 1 is 1.05 bits per heavy atom. The number of nitrogens with zero attached hydrogens (tertiary/aromatic N) is 1. The summed E-state index contributed by atoms with van der Waals surface area (Å²) in [4.78, 5) is 2.73. The summed E-state index contributed by atoms with van der Waals surface area (Å²) < 4.78 is 0. The molecule has 0 amide bonds. The molecule has 0 aliphatic heterocycles. The molecule has 2 N–H and O–H groups in total. The summed E-state index contributed by atoms with van der Waals surface area (Å²) in [6.45, 7) is 5.66. The van der Waals surface area contributed by atoms with Crippen LogP contribution in [0.3, 0.4) is 0 Å². The van der Waals surface area contributed by atoms with Crippen molar-refractivity contribution in [2.75, 3.05) is 13.6 Å². The van der Waals surface area contributed by atoms with Crippen LogP contribution in [0.25, 0.3) is 0 Å². The third-order valence-corrected chi connectivity index (χ3v) is 6.54. The van der Waals surface area contributed by atoms with Gasteiger partial charge in [0.05, 0.1) is 0 Å². The van der Waals surface area contributed by atoms with Crippen molar-refractivity contribution < 1.29 is 0 Å². The van der Waals surface area contributed by atoms with E-state index in [2.05, 4.69) is 25.8 Å². The second-order valence-electron chi connectivity index (χ2n) is 7.57. The summed E-state index contributed by atoms with van der Waals surface area (Å²) in [6.07, 6.45) is 13.8. The van der Waals surface area contributed by atoms with Gasteiger partial charge < -0.3 is 5.73 Å². The van der Waals surface area contributed by atoms with Crippen LogP contribution < -0.4 is 5.73 Å². The van der Waals surface area contributed by atoms with Gasteiger partial charge in [-0.1, -0.05) is 46.0 Å². The maximum atomic E-state index is 6.31. The van der Waals surface area contributed by atoms with E-state index in [-0.39, 0.29) is 0 Å². The number of likely N-dealkylation sites (N-methyl/N-ethyl adjacent to an activating group) is 1. The quantitative estimate of drug-likeness (QED) is 0.783. The van der Waals surface area contributed by atoms with Gasteiger partial charge in [-0.05, 0) is 51.0 Å². The average Bonchev–Trinajstić information content (AvgIpc) is 2.70.